The first-order valence-electron chi connectivity index (χ1n) is 10.3. The Morgan fingerprint density at radius 1 is 0.875 bits per heavy atom. The lowest BCUT2D eigenvalue weighted by atomic mass is 9.60. The summed E-state index contributed by atoms with van der Waals surface area (Å²) < 4.78 is 0. The smallest absolute Gasteiger partial charge is 0.00484 e. The summed E-state index contributed by atoms with van der Waals surface area (Å²) in [7, 11) is 0. The molecular weight excluding hydrogens is 288 g/mol. The largest absolute Gasteiger partial charge is 0.0765 e. The zero-order chi connectivity index (χ0) is 16.9. The van der Waals surface area contributed by atoms with Crippen molar-refractivity contribution in [2.45, 2.75) is 72.6 Å². The lowest BCUT2D eigenvalue weighted by Crippen LogP contribution is -2.35. The Labute approximate surface area is 148 Å². The number of rotatable bonds is 3. The maximum absolute atomic E-state index is 2.58. The van der Waals surface area contributed by atoms with Gasteiger partial charge in [0, 0.05) is 11.8 Å². The second-order valence-electron chi connectivity index (χ2n) is 9.33. The van der Waals surface area contributed by atoms with Gasteiger partial charge in [-0.15, -0.1) is 0 Å². The van der Waals surface area contributed by atoms with E-state index in [0.29, 0.717) is 17.3 Å². The monoisotopic (exact) mass is 322 g/mol. The molecule has 24 heavy (non-hydrogen) atoms. The van der Waals surface area contributed by atoms with Crippen LogP contribution in [0.2, 0.25) is 0 Å². The predicted octanol–water partition coefficient (Wildman–Crippen LogP) is 7.01. The highest BCUT2D eigenvalue weighted by atomic mass is 14.5. The molecule has 4 rings (SSSR count). The molecule has 0 N–H and O–H groups in total. The first-order valence-corrected chi connectivity index (χ1v) is 10.3. The molecular formula is C24H34. The molecule has 0 aromatic heterocycles. The lowest BCUT2D eigenvalue weighted by Gasteiger charge is -2.44. The molecule has 0 aliphatic heterocycles. The van der Waals surface area contributed by atoms with Crippen molar-refractivity contribution in [3.05, 3.63) is 46.6 Å². The summed E-state index contributed by atoms with van der Waals surface area (Å²) >= 11 is 0. The Morgan fingerprint density at radius 3 is 1.75 bits per heavy atom. The zero-order valence-electron chi connectivity index (χ0n) is 16.1. The highest BCUT2D eigenvalue weighted by Gasteiger charge is 2.45. The molecule has 0 aromatic carbocycles. The summed E-state index contributed by atoms with van der Waals surface area (Å²) in [6.45, 7) is 9.90. The van der Waals surface area contributed by atoms with E-state index in [-0.39, 0.29) is 0 Å². The van der Waals surface area contributed by atoms with E-state index in [2.05, 4.69) is 52.0 Å². The molecule has 0 saturated carbocycles. The fourth-order valence-corrected chi connectivity index (χ4v) is 5.90. The van der Waals surface area contributed by atoms with Crippen LogP contribution in [0.25, 0.3) is 0 Å². The van der Waals surface area contributed by atoms with E-state index >= 15 is 0 Å². The van der Waals surface area contributed by atoms with Gasteiger partial charge in [-0.05, 0) is 73.3 Å². The van der Waals surface area contributed by atoms with Crippen molar-refractivity contribution in [2.75, 3.05) is 0 Å². The predicted molar refractivity (Wildman–Crippen MR) is 104 cm³/mol. The number of hydrogen-bond donors (Lipinski definition) is 0. The van der Waals surface area contributed by atoms with Gasteiger partial charge in [-0.3, -0.25) is 0 Å². The van der Waals surface area contributed by atoms with Crippen molar-refractivity contribution in [3.8, 4) is 0 Å². The van der Waals surface area contributed by atoms with Crippen molar-refractivity contribution in [1.82, 2.24) is 0 Å². The fourth-order valence-electron chi connectivity index (χ4n) is 5.90. The van der Waals surface area contributed by atoms with Gasteiger partial charge in [0.15, 0.2) is 0 Å². The minimum Gasteiger partial charge on any atom is -0.0765 e. The van der Waals surface area contributed by atoms with E-state index in [0.717, 1.165) is 11.8 Å². The Morgan fingerprint density at radius 2 is 1.33 bits per heavy atom. The van der Waals surface area contributed by atoms with Crippen LogP contribution in [0.4, 0.5) is 0 Å². The van der Waals surface area contributed by atoms with E-state index in [1.165, 1.54) is 44.9 Å². The fraction of sp³-hybridized carbons (Fsp3) is 0.667. The van der Waals surface area contributed by atoms with Crippen molar-refractivity contribution in [1.29, 1.82) is 0 Å². The van der Waals surface area contributed by atoms with Gasteiger partial charge >= 0.3 is 0 Å². The highest BCUT2D eigenvalue weighted by molar-refractivity contribution is 5.45. The van der Waals surface area contributed by atoms with Crippen LogP contribution in [-0.2, 0) is 0 Å². The van der Waals surface area contributed by atoms with Crippen molar-refractivity contribution in [3.63, 3.8) is 0 Å². The Kier molecular flexibility index (Phi) is 4.14. The number of hydrogen-bond acceptors (Lipinski definition) is 0. The quantitative estimate of drug-likeness (QED) is 0.524. The molecule has 0 aromatic rings. The summed E-state index contributed by atoms with van der Waals surface area (Å²) in [6.07, 6.45) is 19.5. The summed E-state index contributed by atoms with van der Waals surface area (Å²) in [5.74, 6) is 3.07. The maximum atomic E-state index is 2.58. The third-order valence-electron chi connectivity index (χ3n) is 7.69. The van der Waals surface area contributed by atoms with E-state index in [4.69, 9.17) is 0 Å². The van der Waals surface area contributed by atoms with Crippen molar-refractivity contribution < 1.29 is 0 Å². The van der Waals surface area contributed by atoms with Gasteiger partial charge in [-0.2, -0.15) is 0 Å². The van der Waals surface area contributed by atoms with Crippen LogP contribution in [0.5, 0.6) is 0 Å². The zero-order valence-corrected chi connectivity index (χ0v) is 16.1. The van der Waals surface area contributed by atoms with Crippen LogP contribution >= 0.6 is 0 Å². The standard InChI is InChI=1S/C24H34/c1-5-24(4,22-12-10-18-8-6-16(2)14-20(18)22)23-13-11-19-9-7-17(3)15-21(19)23/h10-13,16-17,22-23H,5-9,14-15H2,1-4H3. The van der Waals surface area contributed by atoms with Gasteiger partial charge in [0.05, 0.1) is 0 Å². The first-order chi connectivity index (χ1) is 11.5. The summed E-state index contributed by atoms with van der Waals surface area (Å²) in [5, 5.41) is 0. The molecule has 0 nitrogen and oxygen atoms in total. The molecule has 4 atom stereocenters. The molecule has 0 radical (unpaired) electrons. The second-order valence-corrected chi connectivity index (χ2v) is 9.33. The second kappa shape index (κ2) is 6.04. The molecule has 0 saturated heterocycles. The van der Waals surface area contributed by atoms with E-state index in [1.807, 2.05) is 0 Å². The van der Waals surface area contributed by atoms with Crippen molar-refractivity contribution >= 4 is 0 Å². The molecule has 0 amide bonds. The molecule has 4 aliphatic carbocycles. The summed E-state index contributed by atoms with van der Waals surface area (Å²) in [5.41, 5.74) is 7.32. The Balaban J connectivity index is 1.68. The molecule has 0 heterocycles. The van der Waals surface area contributed by atoms with Crippen LogP contribution in [0.3, 0.4) is 0 Å². The van der Waals surface area contributed by atoms with Crippen LogP contribution in [0, 0.1) is 29.1 Å². The Hall–Kier alpha value is -1.04. The molecule has 0 bridgehead atoms. The van der Waals surface area contributed by atoms with Gasteiger partial charge in [-0.25, -0.2) is 0 Å². The normalized spacial score (nSPS) is 37.7. The average molecular weight is 323 g/mol. The molecule has 4 unspecified atom stereocenters. The van der Waals surface area contributed by atoms with E-state index in [1.54, 1.807) is 22.3 Å². The minimum absolute atomic E-state index is 0.356. The van der Waals surface area contributed by atoms with E-state index < -0.39 is 0 Å². The van der Waals surface area contributed by atoms with Crippen molar-refractivity contribution in [2.24, 2.45) is 29.1 Å². The number of allylic oxidation sites excluding steroid dienone is 8. The van der Waals surface area contributed by atoms with Gasteiger partial charge < -0.3 is 0 Å². The average Bonchev–Trinajstić information content (AvgIpc) is 3.18. The highest BCUT2D eigenvalue weighted by Crippen LogP contribution is 2.56. The minimum atomic E-state index is 0.356. The maximum Gasteiger partial charge on any atom is 0.00484 e. The van der Waals surface area contributed by atoms with Gasteiger partial charge in [0.2, 0.25) is 0 Å². The van der Waals surface area contributed by atoms with Crippen LogP contribution in [0.15, 0.2) is 46.6 Å². The first kappa shape index (κ1) is 16.4. The van der Waals surface area contributed by atoms with Crippen LogP contribution in [0.1, 0.15) is 72.6 Å². The SMILES string of the molecule is CCC(C)(C1C=CC2=C1CC(C)CC2)C1C=CC2=C1CC(C)CC2. The van der Waals surface area contributed by atoms with E-state index in [9.17, 15) is 0 Å². The van der Waals surface area contributed by atoms with Crippen LogP contribution in [-0.4, -0.2) is 0 Å². The van der Waals surface area contributed by atoms with Gasteiger partial charge in [0.1, 0.15) is 0 Å². The van der Waals surface area contributed by atoms with Gasteiger partial charge in [-0.1, -0.05) is 63.1 Å². The summed E-state index contributed by atoms with van der Waals surface area (Å²) in [6, 6.07) is 0. The molecule has 0 heteroatoms. The molecule has 0 spiro atoms. The molecule has 0 fully saturated rings. The third kappa shape index (κ3) is 2.49. The molecule has 130 valence electrons. The summed E-state index contributed by atoms with van der Waals surface area (Å²) in [4.78, 5) is 0. The van der Waals surface area contributed by atoms with Gasteiger partial charge in [0.25, 0.3) is 0 Å². The topological polar surface area (TPSA) is 0 Å². The molecule has 4 aliphatic rings. The van der Waals surface area contributed by atoms with Crippen LogP contribution < -0.4 is 0 Å². The lowest BCUT2D eigenvalue weighted by molar-refractivity contribution is 0.180. The Bertz CT molecular complexity index is 587. The third-order valence-corrected chi connectivity index (χ3v) is 7.69.